The number of carbonyl (C=O) groups is 2. The van der Waals surface area contributed by atoms with Crippen LogP contribution in [-0.4, -0.2) is 41.9 Å². The summed E-state index contributed by atoms with van der Waals surface area (Å²) in [6, 6.07) is 9.86. The lowest BCUT2D eigenvalue weighted by Gasteiger charge is -2.28. The van der Waals surface area contributed by atoms with Crippen LogP contribution in [0.15, 0.2) is 24.3 Å². The molecule has 2 N–H and O–H groups in total. The molecule has 1 aromatic rings. The summed E-state index contributed by atoms with van der Waals surface area (Å²) in [6.45, 7) is 0.429. The third-order valence-corrected chi connectivity index (χ3v) is 6.10. The largest absolute Gasteiger partial charge is 0.349 e. The minimum absolute atomic E-state index is 0.134. The highest BCUT2D eigenvalue weighted by Gasteiger charge is 2.23. The normalized spacial score (nSPS) is 18.2. The maximum atomic E-state index is 12.8. The maximum absolute atomic E-state index is 12.8. The lowest BCUT2D eigenvalue weighted by Crippen LogP contribution is -2.41. The first-order valence-electron chi connectivity index (χ1n) is 11.0. The Morgan fingerprint density at radius 3 is 2.34 bits per heavy atom. The highest BCUT2D eigenvalue weighted by molar-refractivity contribution is 6.04. The Morgan fingerprint density at radius 2 is 1.66 bits per heavy atom. The Labute approximate surface area is 173 Å². The van der Waals surface area contributed by atoms with Gasteiger partial charge >= 0.3 is 0 Å². The van der Waals surface area contributed by atoms with Crippen LogP contribution >= 0.6 is 0 Å². The zero-order valence-electron chi connectivity index (χ0n) is 17.2. The van der Waals surface area contributed by atoms with Crippen molar-refractivity contribution in [2.24, 2.45) is 0 Å². The molecule has 2 saturated carbocycles. The van der Waals surface area contributed by atoms with Gasteiger partial charge in [-0.25, -0.2) is 0 Å². The molecule has 1 aromatic carbocycles. The Hall–Kier alpha value is -2.39. The fraction of sp³-hybridized carbons (Fsp3) is 0.609. The number of nitrogens with one attached hydrogen (secondary N) is 2. The van der Waals surface area contributed by atoms with E-state index in [2.05, 4.69) is 16.7 Å². The van der Waals surface area contributed by atoms with Crippen molar-refractivity contribution < 1.29 is 9.59 Å². The van der Waals surface area contributed by atoms with Crippen LogP contribution < -0.4 is 10.6 Å². The molecule has 0 unspecified atom stereocenters. The van der Waals surface area contributed by atoms with E-state index in [0.717, 1.165) is 51.4 Å². The molecule has 0 bridgehead atoms. The summed E-state index contributed by atoms with van der Waals surface area (Å²) < 4.78 is 0. The molecule has 2 amide bonds. The second kappa shape index (κ2) is 11.0. The summed E-state index contributed by atoms with van der Waals surface area (Å²) in [5.74, 6) is -0.309. The Kier molecular flexibility index (Phi) is 8.06. The first-order valence-corrected chi connectivity index (χ1v) is 11.0. The van der Waals surface area contributed by atoms with Crippen LogP contribution in [0.1, 0.15) is 74.6 Å². The van der Waals surface area contributed by atoms with Crippen molar-refractivity contribution in [3.63, 3.8) is 0 Å². The fourth-order valence-corrected chi connectivity index (χ4v) is 4.53. The molecular weight excluding hydrogens is 364 g/mol. The van der Waals surface area contributed by atoms with Gasteiger partial charge in [0.25, 0.3) is 5.91 Å². The smallest absolute Gasteiger partial charge is 0.253 e. The molecule has 6 nitrogen and oxygen atoms in total. The third-order valence-electron chi connectivity index (χ3n) is 6.10. The molecule has 6 heteroatoms. The topological polar surface area (TPSA) is 85.2 Å². The van der Waals surface area contributed by atoms with Gasteiger partial charge in [0, 0.05) is 12.1 Å². The Balaban J connectivity index is 1.63. The van der Waals surface area contributed by atoms with Crippen LogP contribution in [0.3, 0.4) is 0 Å². The van der Waals surface area contributed by atoms with Crippen molar-refractivity contribution in [1.29, 1.82) is 5.26 Å². The molecule has 0 heterocycles. The van der Waals surface area contributed by atoms with E-state index in [1.807, 2.05) is 17.0 Å². The zero-order chi connectivity index (χ0) is 20.5. The van der Waals surface area contributed by atoms with Crippen LogP contribution in [0.2, 0.25) is 0 Å². The number of benzene rings is 1. The zero-order valence-corrected chi connectivity index (χ0v) is 17.2. The van der Waals surface area contributed by atoms with Gasteiger partial charge in [-0.1, -0.05) is 50.7 Å². The highest BCUT2D eigenvalue weighted by atomic mass is 16.2. The number of para-hydroxylation sites is 1. The molecular formula is C23H32N4O2. The molecule has 3 rings (SSSR count). The molecule has 0 radical (unpaired) electrons. The van der Waals surface area contributed by atoms with Gasteiger partial charge in [0.1, 0.15) is 0 Å². The molecule has 2 aliphatic rings. The van der Waals surface area contributed by atoms with E-state index in [1.54, 1.807) is 12.1 Å². The first-order chi connectivity index (χ1) is 14.2. The molecule has 0 aliphatic heterocycles. The quantitative estimate of drug-likeness (QED) is 0.542. The molecule has 2 aliphatic carbocycles. The maximum Gasteiger partial charge on any atom is 0.253 e. The molecule has 29 heavy (non-hydrogen) atoms. The summed E-state index contributed by atoms with van der Waals surface area (Å²) in [4.78, 5) is 27.4. The van der Waals surface area contributed by atoms with E-state index < -0.39 is 0 Å². The molecule has 0 saturated heterocycles. The van der Waals surface area contributed by atoms with Crippen LogP contribution in [0, 0.1) is 11.3 Å². The van der Waals surface area contributed by atoms with Crippen LogP contribution in [0.4, 0.5) is 5.69 Å². The van der Waals surface area contributed by atoms with Crippen molar-refractivity contribution in [3.05, 3.63) is 29.8 Å². The number of nitriles is 1. The van der Waals surface area contributed by atoms with Crippen molar-refractivity contribution in [2.45, 2.75) is 76.3 Å². The van der Waals surface area contributed by atoms with Gasteiger partial charge in [-0.05, 0) is 37.8 Å². The summed E-state index contributed by atoms with van der Waals surface area (Å²) in [5, 5.41) is 15.2. The van der Waals surface area contributed by atoms with E-state index in [4.69, 9.17) is 0 Å². The van der Waals surface area contributed by atoms with Crippen molar-refractivity contribution in [3.8, 4) is 6.07 Å². The van der Waals surface area contributed by atoms with Gasteiger partial charge in [0.15, 0.2) is 0 Å². The predicted molar refractivity (Wildman–Crippen MR) is 113 cm³/mol. The average Bonchev–Trinajstić information content (AvgIpc) is 3.07. The second-order valence-electron chi connectivity index (χ2n) is 8.26. The van der Waals surface area contributed by atoms with E-state index in [9.17, 15) is 14.9 Å². The lowest BCUT2D eigenvalue weighted by atomic mass is 10.1. The standard InChI is InChI=1S/C23H32N4O2/c24-15-16-27(19-11-3-1-2-4-12-19)17-22(28)26-21-14-8-7-13-20(21)23(29)25-18-9-5-6-10-18/h7-8,13-14,18-19H,1-6,9-12,16-17H2,(H,25,29)(H,26,28). The van der Waals surface area contributed by atoms with Gasteiger partial charge in [-0.3, -0.25) is 14.5 Å². The molecule has 0 atom stereocenters. The Morgan fingerprint density at radius 1 is 1.00 bits per heavy atom. The van der Waals surface area contributed by atoms with Gasteiger partial charge in [0.05, 0.1) is 30.4 Å². The van der Waals surface area contributed by atoms with Crippen LogP contribution in [0.25, 0.3) is 0 Å². The van der Waals surface area contributed by atoms with Crippen LogP contribution in [-0.2, 0) is 4.79 Å². The lowest BCUT2D eigenvalue weighted by molar-refractivity contribution is -0.117. The SMILES string of the molecule is N#CCN(CC(=O)Nc1ccccc1C(=O)NC1CCCC1)C1CCCCCC1. The predicted octanol–water partition coefficient (Wildman–Crippen LogP) is 3.85. The van der Waals surface area contributed by atoms with Gasteiger partial charge in [-0.2, -0.15) is 5.26 Å². The minimum atomic E-state index is -0.175. The number of hydrogen-bond donors (Lipinski definition) is 2. The average molecular weight is 397 g/mol. The number of carbonyl (C=O) groups excluding carboxylic acids is 2. The summed E-state index contributed by atoms with van der Waals surface area (Å²) >= 11 is 0. The first kappa shape index (κ1) is 21.3. The number of amides is 2. The highest BCUT2D eigenvalue weighted by Crippen LogP contribution is 2.23. The second-order valence-corrected chi connectivity index (χ2v) is 8.26. The van der Waals surface area contributed by atoms with Crippen molar-refractivity contribution in [1.82, 2.24) is 10.2 Å². The van der Waals surface area contributed by atoms with Crippen molar-refractivity contribution >= 4 is 17.5 Å². The molecule has 156 valence electrons. The Bertz CT molecular complexity index is 729. The number of nitrogens with zero attached hydrogens (tertiary/aromatic N) is 2. The molecule has 0 spiro atoms. The van der Waals surface area contributed by atoms with E-state index in [0.29, 0.717) is 11.3 Å². The fourth-order valence-electron chi connectivity index (χ4n) is 4.53. The molecule has 0 aromatic heterocycles. The van der Waals surface area contributed by atoms with Crippen molar-refractivity contribution in [2.75, 3.05) is 18.4 Å². The molecule has 2 fully saturated rings. The summed E-state index contributed by atoms with van der Waals surface area (Å²) in [6.07, 6.45) is 11.2. The monoisotopic (exact) mass is 396 g/mol. The number of hydrogen-bond acceptors (Lipinski definition) is 4. The third kappa shape index (κ3) is 6.30. The number of anilines is 1. The van der Waals surface area contributed by atoms with Crippen LogP contribution in [0.5, 0.6) is 0 Å². The van der Waals surface area contributed by atoms with E-state index in [-0.39, 0.29) is 37.0 Å². The minimum Gasteiger partial charge on any atom is -0.349 e. The van der Waals surface area contributed by atoms with Gasteiger partial charge in [-0.15, -0.1) is 0 Å². The van der Waals surface area contributed by atoms with Gasteiger partial charge < -0.3 is 10.6 Å². The van der Waals surface area contributed by atoms with E-state index in [1.165, 1.54) is 12.8 Å². The summed E-state index contributed by atoms with van der Waals surface area (Å²) in [7, 11) is 0. The van der Waals surface area contributed by atoms with E-state index >= 15 is 0 Å². The van der Waals surface area contributed by atoms with Gasteiger partial charge in [0.2, 0.25) is 5.91 Å². The number of rotatable bonds is 7. The summed E-state index contributed by atoms with van der Waals surface area (Å²) in [5.41, 5.74) is 1.03.